The van der Waals surface area contributed by atoms with E-state index in [1.54, 1.807) is 0 Å². The highest BCUT2D eigenvalue weighted by atomic mass is 16.5. The summed E-state index contributed by atoms with van der Waals surface area (Å²) < 4.78 is 5.40. The van der Waals surface area contributed by atoms with E-state index < -0.39 is 5.97 Å². The van der Waals surface area contributed by atoms with Gasteiger partial charge in [0, 0.05) is 19.1 Å². The van der Waals surface area contributed by atoms with Gasteiger partial charge in [-0.2, -0.15) is 0 Å². The van der Waals surface area contributed by atoms with Crippen LogP contribution in [0.5, 0.6) is 0 Å². The van der Waals surface area contributed by atoms with Crippen LogP contribution < -0.4 is 0 Å². The van der Waals surface area contributed by atoms with Crippen LogP contribution in [-0.4, -0.2) is 47.3 Å². The van der Waals surface area contributed by atoms with Gasteiger partial charge in [-0.25, -0.2) is 4.79 Å². The van der Waals surface area contributed by atoms with Crippen LogP contribution in [0.3, 0.4) is 0 Å². The number of hydrogen-bond donors (Lipinski definition) is 1. The first kappa shape index (κ1) is 11.9. The van der Waals surface area contributed by atoms with Crippen molar-refractivity contribution in [2.45, 2.75) is 44.8 Å². The average molecular weight is 227 g/mol. The van der Waals surface area contributed by atoms with Crippen LogP contribution in [0.1, 0.15) is 33.1 Å². The third-order valence-corrected chi connectivity index (χ3v) is 3.80. The molecule has 1 N–H and O–H groups in total. The maximum atomic E-state index is 10.4. The van der Waals surface area contributed by atoms with Crippen LogP contribution in [-0.2, 0) is 9.53 Å². The number of hydrogen-bond acceptors (Lipinski definition) is 3. The molecule has 1 saturated carbocycles. The average Bonchev–Trinajstić information content (AvgIpc) is 2.57. The van der Waals surface area contributed by atoms with Crippen molar-refractivity contribution in [3.63, 3.8) is 0 Å². The van der Waals surface area contributed by atoms with Crippen molar-refractivity contribution in [1.82, 2.24) is 4.90 Å². The first-order chi connectivity index (χ1) is 7.48. The number of likely N-dealkylation sites (tertiary alicyclic amines) is 1. The van der Waals surface area contributed by atoms with E-state index in [0.29, 0.717) is 6.04 Å². The fourth-order valence-corrected chi connectivity index (χ4v) is 2.91. The van der Waals surface area contributed by atoms with Gasteiger partial charge in [0.25, 0.3) is 0 Å². The summed E-state index contributed by atoms with van der Waals surface area (Å²) in [6.07, 6.45) is 3.90. The smallest absolute Gasteiger partial charge is 0.329 e. The lowest BCUT2D eigenvalue weighted by atomic mass is 9.93. The fraction of sp³-hybridized carbons (Fsp3) is 0.917. The molecule has 0 radical (unpaired) electrons. The van der Waals surface area contributed by atoms with Crippen molar-refractivity contribution in [3.05, 3.63) is 0 Å². The summed E-state index contributed by atoms with van der Waals surface area (Å²) in [7, 11) is 0. The highest BCUT2D eigenvalue weighted by Crippen LogP contribution is 2.35. The van der Waals surface area contributed by atoms with Gasteiger partial charge >= 0.3 is 5.97 Å². The molecule has 0 aromatic carbocycles. The van der Waals surface area contributed by atoms with Crippen LogP contribution in [0.15, 0.2) is 0 Å². The van der Waals surface area contributed by atoms with Gasteiger partial charge in [0.2, 0.25) is 0 Å². The molecular weight excluding hydrogens is 206 g/mol. The Bertz CT molecular complexity index is 273. The molecule has 2 aliphatic rings. The number of aliphatic carboxylic acids is 1. The topological polar surface area (TPSA) is 49.8 Å². The van der Waals surface area contributed by atoms with Gasteiger partial charge in [0.15, 0.2) is 0 Å². The Labute approximate surface area is 96.6 Å². The Morgan fingerprint density at radius 1 is 1.50 bits per heavy atom. The molecule has 4 nitrogen and oxygen atoms in total. The molecule has 1 saturated heterocycles. The normalized spacial score (nSPS) is 33.6. The summed E-state index contributed by atoms with van der Waals surface area (Å²) in [5.74, 6) is -0.0362. The van der Waals surface area contributed by atoms with Gasteiger partial charge in [-0.05, 0) is 32.1 Å². The lowest BCUT2D eigenvalue weighted by Crippen LogP contribution is -2.64. The second kappa shape index (κ2) is 4.34. The second-order valence-corrected chi connectivity index (χ2v) is 5.61. The van der Waals surface area contributed by atoms with Crippen LogP contribution in [0.4, 0.5) is 0 Å². The van der Waals surface area contributed by atoms with Gasteiger partial charge < -0.3 is 9.84 Å². The van der Waals surface area contributed by atoms with E-state index in [1.807, 2.05) is 6.92 Å². The number of ether oxygens (including phenoxy) is 1. The minimum atomic E-state index is -0.880. The van der Waals surface area contributed by atoms with Crippen molar-refractivity contribution in [3.8, 4) is 0 Å². The standard InChI is InChI=1S/C12H21NO3/c1-9-3-4-10(5-9)13-7-12(2,8-13)16-6-11(14)15/h9-10H,3-8H2,1-2H3,(H,14,15). The van der Waals surface area contributed by atoms with E-state index >= 15 is 0 Å². The van der Waals surface area contributed by atoms with Crippen molar-refractivity contribution < 1.29 is 14.6 Å². The molecule has 1 heterocycles. The molecule has 2 unspecified atom stereocenters. The van der Waals surface area contributed by atoms with Gasteiger partial charge in [0.1, 0.15) is 6.61 Å². The van der Waals surface area contributed by atoms with E-state index in [2.05, 4.69) is 11.8 Å². The predicted octanol–water partition coefficient (Wildman–Crippen LogP) is 1.35. The van der Waals surface area contributed by atoms with E-state index in [4.69, 9.17) is 9.84 Å². The zero-order chi connectivity index (χ0) is 11.8. The van der Waals surface area contributed by atoms with Gasteiger partial charge in [-0.1, -0.05) is 6.92 Å². The SMILES string of the molecule is CC1CCC(N2CC(C)(OCC(=O)O)C2)C1. The van der Waals surface area contributed by atoms with E-state index in [-0.39, 0.29) is 12.2 Å². The Kier molecular flexibility index (Phi) is 3.22. The van der Waals surface area contributed by atoms with Crippen molar-refractivity contribution in [2.75, 3.05) is 19.7 Å². The highest BCUT2D eigenvalue weighted by Gasteiger charge is 2.44. The molecule has 0 amide bonds. The number of rotatable bonds is 4. The summed E-state index contributed by atoms with van der Waals surface area (Å²) in [5.41, 5.74) is -0.232. The molecular formula is C12H21NO3. The maximum absolute atomic E-state index is 10.4. The van der Waals surface area contributed by atoms with Crippen LogP contribution >= 0.6 is 0 Å². The Hall–Kier alpha value is -0.610. The monoisotopic (exact) mass is 227 g/mol. The third-order valence-electron chi connectivity index (χ3n) is 3.80. The number of carboxylic acids is 1. The fourth-order valence-electron chi connectivity index (χ4n) is 2.91. The minimum absolute atomic E-state index is 0.175. The molecule has 0 bridgehead atoms. The molecule has 0 aromatic rings. The molecule has 1 aliphatic carbocycles. The molecule has 4 heteroatoms. The molecule has 16 heavy (non-hydrogen) atoms. The van der Waals surface area contributed by atoms with Crippen molar-refractivity contribution in [1.29, 1.82) is 0 Å². The molecule has 92 valence electrons. The number of nitrogens with zero attached hydrogens (tertiary/aromatic N) is 1. The Balaban J connectivity index is 1.73. The molecule has 2 atom stereocenters. The molecule has 2 rings (SSSR count). The first-order valence-electron chi connectivity index (χ1n) is 6.08. The zero-order valence-electron chi connectivity index (χ0n) is 10.1. The van der Waals surface area contributed by atoms with Gasteiger partial charge in [-0.15, -0.1) is 0 Å². The van der Waals surface area contributed by atoms with E-state index in [9.17, 15) is 4.79 Å². The first-order valence-corrected chi connectivity index (χ1v) is 6.08. The summed E-state index contributed by atoms with van der Waals surface area (Å²) in [5, 5.41) is 8.57. The minimum Gasteiger partial charge on any atom is -0.480 e. The summed E-state index contributed by atoms with van der Waals surface area (Å²) in [6.45, 7) is 5.91. The van der Waals surface area contributed by atoms with Crippen molar-refractivity contribution >= 4 is 5.97 Å². The second-order valence-electron chi connectivity index (χ2n) is 5.61. The summed E-state index contributed by atoms with van der Waals surface area (Å²) in [6, 6.07) is 0.705. The van der Waals surface area contributed by atoms with Crippen LogP contribution in [0.2, 0.25) is 0 Å². The van der Waals surface area contributed by atoms with Crippen LogP contribution in [0.25, 0.3) is 0 Å². The largest absolute Gasteiger partial charge is 0.480 e. The molecule has 0 aromatic heterocycles. The quantitative estimate of drug-likeness (QED) is 0.787. The predicted molar refractivity (Wildman–Crippen MR) is 60.4 cm³/mol. The Morgan fingerprint density at radius 3 is 2.69 bits per heavy atom. The summed E-state index contributed by atoms with van der Waals surface area (Å²) >= 11 is 0. The highest BCUT2D eigenvalue weighted by molar-refractivity contribution is 5.68. The van der Waals surface area contributed by atoms with Gasteiger partial charge in [0.05, 0.1) is 5.60 Å². The van der Waals surface area contributed by atoms with Gasteiger partial charge in [-0.3, -0.25) is 4.90 Å². The number of carboxylic acid groups (broad SMARTS) is 1. The van der Waals surface area contributed by atoms with Crippen molar-refractivity contribution in [2.24, 2.45) is 5.92 Å². The number of carbonyl (C=O) groups is 1. The van der Waals surface area contributed by atoms with Crippen LogP contribution in [0, 0.1) is 5.92 Å². The maximum Gasteiger partial charge on any atom is 0.329 e. The third kappa shape index (κ3) is 2.55. The molecule has 0 spiro atoms. The lowest BCUT2D eigenvalue weighted by Gasteiger charge is -2.50. The molecule has 2 fully saturated rings. The zero-order valence-corrected chi connectivity index (χ0v) is 10.1. The Morgan fingerprint density at radius 2 is 2.19 bits per heavy atom. The lowest BCUT2D eigenvalue weighted by molar-refractivity contribution is -0.169. The van der Waals surface area contributed by atoms with E-state index in [1.165, 1.54) is 19.3 Å². The molecule has 1 aliphatic heterocycles. The summed E-state index contributed by atoms with van der Waals surface area (Å²) in [4.78, 5) is 12.9. The van der Waals surface area contributed by atoms with E-state index in [0.717, 1.165) is 19.0 Å².